The van der Waals surface area contributed by atoms with Crippen molar-refractivity contribution in [2.75, 3.05) is 13.1 Å². The first-order valence-electron chi connectivity index (χ1n) is 6.06. The molecule has 0 spiro atoms. The summed E-state index contributed by atoms with van der Waals surface area (Å²) in [7, 11) is 0. The Morgan fingerprint density at radius 2 is 1.64 bits per heavy atom. The zero-order valence-corrected chi connectivity index (χ0v) is 9.17. The maximum atomic E-state index is 12.0. The molecule has 0 aromatic carbocycles. The van der Waals surface area contributed by atoms with E-state index in [2.05, 4.69) is 11.8 Å². The normalized spacial score (nSPS) is 25.6. The molecule has 0 aromatic heterocycles. The van der Waals surface area contributed by atoms with Gasteiger partial charge < -0.3 is 4.90 Å². The fourth-order valence-electron chi connectivity index (χ4n) is 2.66. The molecule has 1 aliphatic carbocycles. The van der Waals surface area contributed by atoms with Crippen molar-refractivity contribution in [2.24, 2.45) is 11.8 Å². The maximum Gasteiger partial charge on any atom is 0.225 e. The number of carbonyl (C=O) groups excluding carboxylic acids is 1. The molecule has 1 aliphatic heterocycles. The molecule has 0 radical (unpaired) electrons. The summed E-state index contributed by atoms with van der Waals surface area (Å²) in [5, 5.41) is 0. The number of nitrogens with zero attached hydrogens (tertiary/aromatic N) is 1. The van der Waals surface area contributed by atoms with Crippen LogP contribution in [0.3, 0.4) is 0 Å². The van der Waals surface area contributed by atoms with Crippen LogP contribution in [0, 0.1) is 11.8 Å². The summed E-state index contributed by atoms with van der Waals surface area (Å²) in [5.74, 6) is 1.65. The Hall–Kier alpha value is -0.530. The average molecular weight is 195 g/mol. The maximum absolute atomic E-state index is 12.0. The fourth-order valence-corrected chi connectivity index (χ4v) is 2.66. The Kier molecular flexibility index (Phi) is 3.09. The molecule has 1 heterocycles. The minimum Gasteiger partial charge on any atom is -0.342 e. The molecule has 14 heavy (non-hydrogen) atoms. The van der Waals surface area contributed by atoms with Gasteiger partial charge in [-0.05, 0) is 31.6 Å². The first kappa shape index (κ1) is 10.0. The quantitative estimate of drug-likeness (QED) is 0.629. The van der Waals surface area contributed by atoms with Gasteiger partial charge in [-0.3, -0.25) is 4.79 Å². The van der Waals surface area contributed by atoms with Crippen LogP contribution in [0.4, 0.5) is 0 Å². The van der Waals surface area contributed by atoms with Gasteiger partial charge in [-0.25, -0.2) is 0 Å². The van der Waals surface area contributed by atoms with Gasteiger partial charge in [0, 0.05) is 19.0 Å². The molecule has 2 aliphatic rings. The zero-order valence-electron chi connectivity index (χ0n) is 9.17. The van der Waals surface area contributed by atoms with Gasteiger partial charge in [0.2, 0.25) is 5.91 Å². The van der Waals surface area contributed by atoms with E-state index in [-0.39, 0.29) is 0 Å². The second-order valence-corrected chi connectivity index (χ2v) is 4.99. The lowest BCUT2D eigenvalue weighted by Crippen LogP contribution is -2.40. The zero-order chi connectivity index (χ0) is 9.97. The number of likely N-dealkylation sites (tertiary alicyclic amines) is 1. The van der Waals surface area contributed by atoms with Crippen LogP contribution in [-0.4, -0.2) is 23.9 Å². The highest BCUT2D eigenvalue weighted by atomic mass is 16.2. The van der Waals surface area contributed by atoms with Crippen LogP contribution in [0.2, 0.25) is 0 Å². The summed E-state index contributed by atoms with van der Waals surface area (Å²) in [6.07, 6.45) is 7.23. The molecule has 1 saturated heterocycles. The summed E-state index contributed by atoms with van der Waals surface area (Å²) in [5.41, 5.74) is 0. The number of hydrogen-bond donors (Lipinski definition) is 0. The number of piperidine rings is 1. The Balaban J connectivity index is 1.85. The summed E-state index contributed by atoms with van der Waals surface area (Å²) < 4.78 is 0. The van der Waals surface area contributed by atoms with Crippen LogP contribution >= 0.6 is 0 Å². The molecule has 1 amide bonds. The van der Waals surface area contributed by atoms with E-state index in [0.717, 1.165) is 31.8 Å². The smallest absolute Gasteiger partial charge is 0.225 e. The number of hydrogen-bond acceptors (Lipinski definition) is 1. The third-order valence-electron chi connectivity index (χ3n) is 3.80. The standard InChI is InChI=1S/C12H21NO/c1-10-6-8-13(9-7-10)12(14)11-4-2-3-5-11/h10-11H,2-9H2,1H3. The molecular weight excluding hydrogens is 174 g/mol. The van der Waals surface area contributed by atoms with E-state index >= 15 is 0 Å². The molecule has 0 N–H and O–H groups in total. The number of rotatable bonds is 1. The first-order valence-corrected chi connectivity index (χ1v) is 6.06. The van der Waals surface area contributed by atoms with Gasteiger partial charge in [-0.2, -0.15) is 0 Å². The summed E-state index contributed by atoms with van der Waals surface area (Å²) in [6.45, 7) is 4.31. The van der Waals surface area contributed by atoms with Gasteiger partial charge in [-0.15, -0.1) is 0 Å². The minimum absolute atomic E-state index is 0.378. The highest BCUT2D eigenvalue weighted by Gasteiger charge is 2.28. The molecule has 2 rings (SSSR count). The highest BCUT2D eigenvalue weighted by molar-refractivity contribution is 5.79. The van der Waals surface area contributed by atoms with Crippen molar-refractivity contribution in [3.05, 3.63) is 0 Å². The molecule has 2 heteroatoms. The van der Waals surface area contributed by atoms with Crippen molar-refractivity contribution in [1.29, 1.82) is 0 Å². The van der Waals surface area contributed by atoms with Crippen LogP contribution in [-0.2, 0) is 4.79 Å². The van der Waals surface area contributed by atoms with Crippen molar-refractivity contribution in [1.82, 2.24) is 4.90 Å². The summed E-state index contributed by atoms with van der Waals surface area (Å²) >= 11 is 0. The van der Waals surface area contributed by atoms with Crippen LogP contribution in [0.15, 0.2) is 0 Å². The molecule has 2 nitrogen and oxygen atoms in total. The van der Waals surface area contributed by atoms with Gasteiger partial charge in [0.15, 0.2) is 0 Å². The van der Waals surface area contributed by atoms with Gasteiger partial charge in [0.05, 0.1) is 0 Å². The van der Waals surface area contributed by atoms with Gasteiger partial charge in [0.1, 0.15) is 0 Å². The second-order valence-electron chi connectivity index (χ2n) is 4.99. The molecule has 2 fully saturated rings. The largest absolute Gasteiger partial charge is 0.342 e. The average Bonchev–Trinajstić information content (AvgIpc) is 2.71. The van der Waals surface area contributed by atoms with E-state index in [9.17, 15) is 4.79 Å². The second kappa shape index (κ2) is 4.33. The van der Waals surface area contributed by atoms with Crippen molar-refractivity contribution >= 4 is 5.91 Å². The number of carbonyl (C=O) groups is 1. The van der Waals surface area contributed by atoms with Crippen LogP contribution in [0.1, 0.15) is 45.4 Å². The lowest BCUT2D eigenvalue weighted by Gasteiger charge is -2.32. The van der Waals surface area contributed by atoms with Gasteiger partial charge in [0.25, 0.3) is 0 Å². The molecular formula is C12H21NO. The van der Waals surface area contributed by atoms with E-state index < -0.39 is 0 Å². The molecule has 0 unspecified atom stereocenters. The third kappa shape index (κ3) is 2.10. The van der Waals surface area contributed by atoms with Gasteiger partial charge >= 0.3 is 0 Å². The molecule has 0 atom stereocenters. The summed E-state index contributed by atoms with van der Waals surface area (Å²) in [4.78, 5) is 14.1. The molecule has 1 saturated carbocycles. The van der Waals surface area contributed by atoms with E-state index in [1.807, 2.05) is 0 Å². The monoisotopic (exact) mass is 195 g/mol. The minimum atomic E-state index is 0.378. The van der Waals surface area contributed by atoms with Crippen molar-refractivity contribution in [3.63, 3.8) is 0 Å². The van der Waals surface area contributed by atoms with Crippen molar-refractivity contribution in [2.45, 2.75) is 45.4 Å². The van der Waals surface area contributed by atoms with Crippen LogP contribution in [0.25, 0.3) is 0 Å². The highest BCUT2D eigenvalue weighted by Crippen LogP contribution is 2.28. The van der Waals surface area contributed by atoms with E-state index in [1.54, 1.807) is 0 Å². The summed E-state index contributed by atoms with van der Waals surface area (Å²) in [6, 6.07) is 0. The van der Waals surface area contributed by atoms with Crippen molar-refractivity contribution < 1.29 is 4.79 Å². The van der Waals surface area contributed by atoms with E-state index in [1.165, 1.54) is 25.7 Å². The molecule has 0 aromatic rings. The Bertz CT molecular complexity index is 200. The topological polar surface area (TPSA) is 20.3 Å². The Morgan fingerprint density at radius 3 is 2.21 bits per heavy atom. The van der Waals surface area contributed by atoms with Crippen LogP contribution in [0.5, 0.6) is 0 Å². The van der Waals surface area contributed by atoms with Gasteiger partial charge in [-0.1, -0.05) is 19.8 Å². The van der Waals surface area contributed by atoms with Crippen molar-refractivity contribution in [3.8, 4) is 0 Å². The predicted molar refractivity (Wildman–Crippen MR) is 56.9 cm³/mol. The number of amides is 1. The van der Waals surface area contributed by atoms with E-state index in [0.29, 0.717) is 11.8 Å². The van der Waals surface area contributed by atoms with Crippen LogP contribution < -0.4 is 0 Å². The third-order valence-corrected chi connectivity index (χ3v) is 3.80. The lowest BCUT2D eigenvalue weighted by atomic mass is 9.97. The predicted octanol–water partition coefficient (Wildman–Crippen LogP) is 2.44. The molecule has 80 valence electrons. The fraction of sp³-hybridized carbons (Fsp3) is 0.917. The van der Waals surface area contributed by atoms with E-state index in [4.69, 9.17) is 0 Å². The Labute approximate surface area is 86.7 Å². The molecule has 0 bridgehead atoms. The first-order chi connectivity index (χ1) is 6.77. The SMILES string of the molecule is CC1CCN(C(=O)C2CCCC2)CC1. The Morgan fingerprint density at radius 1 is 1.07 bits per heavy atom. The lowest BCUT2D eigenvalue weighted by molar-refractivity contribution is -0.136.